The third kappa shape index (κ3) is 3.89. The SMILES string of the molecule is [C-]#[N+]c1ccc(-c2ccc(C#N)cc2-n2c3ccccc3c3ccc4c5ccccc5[nH]c4c32)c(C#N)c1-n1c2ccccc2c2ccccc21. The maximum absolute atomic E-state index is 11.1. The van der Waals surface area contributed by atoms with Crippen LogP contribution in [0.5, 0.6) is 0 Å². The largest absolute Gasteiger partial charge is 0.353 e. The van der Waals surface area contributed by atoms with E-state index in [1.807, 2.05) is 78.9 Å². The minimum absolute atomic E-state index is 0.383. The number of nitrogens with zero attached hydrogens (tertiary/aromatic N) is 5. The highest BCUT2D eigenvalue weighted by Crippen LogP contribution is 2.44. The smallest absolute Gasteiger partial charge is 0.211 e. The van der Waals surface area contributed by atoms with Gasteiger partial charge in [0.2, 0.25) is 5.69 Å². The predicted octanol–water partition coefficient (Wildman–Crippen LogP) is 11.5. The van der Waals surface area contributed by atoms with Crippen molar-refractivity contribution in [3.05, 3.63) is 162 Å². The molecule has 1 N–H and O–H groups in total. The highest BCUT2D eigenvalue weighted by Gasteiger charge is 2.25. The molecule has 0 saturated carbocycles. The molecule has 3 aromatic heterocycles. The van der Waals surface area contributed by atoms with Crippen LogP contribution in [0, 0.1) is 29.2 Å². The van der Waals surface area contributed by atoms with E-state index in [2.05, 4.69) is 85.7 Å². The van der Waals surface area contributed by atoms with Gasteiger partial charge in [-0.05, 0) is 36.4 Å². The van der Waals surface area contributed by atoms with Gasteiger partial charge in [0.25, 0.3) is 0 Å². The lowest BCUT2D eigenvalue weighted by atomic mass is 9.95. The van der Waals surface area contributed by atoms with Crippen molar-refractivity contribution in [3.63, 3.8) is 0 Å². The lowest BCUT2D eigenvalue weighted by molar-refractivity contribution is 1.16. The van der Waals surface area contributed by atoms with Gasteiger partial charge in [-0.15, -0.1) is 0 Å². The first-order valence-corrected chi connectivity index (χ1v) is 16.6. The standard InChI is InChI=1S/C45H24N6/c1-48-38-23-22-28(36(26-47)44(38)50-39-15-7-3-11-30(39)31-12-4-8-16-40(31)50)33-19-18-27(25-46)24-42(33)51-41-17-9-5-13-32(41)35-21-20-34-29-10-2-6-14-37(29)49-43(34)45(35)51/h2-24,49H. The summed E-state index contributed by atoms with van der Waals surface area (Å²) in [7, 11) is 0. The molecular formula is C45H24N6. The number of H-pyrrole nitrogens is 1. The Balaban J connectivity index is 1.35. The molecule has 0 radical (unpaired) electrons. The molecule has 3 heterocycles. The van der Waals surface area contributed by atoms with Gasteiger partial charge in [0, 0.05) is 49.0 Å². The van der Waals surface area contributed by atoms with Crippen molar-refractivity contribution in [3.8, 4) is 34.6 Å². The first kappa shape index (κ1) is 28.4. The normalized spacial score (nSPS) is 11.5. The Labute approximate surface area is 291 Å². The number of nitriles is 2. The first-order chi connectivity index (χ1) is 25.2. The molecule has 6 nitrogen and oxygen atoms in total. The molecule has 0 spiro atoms. The number of hydrogen-bond donors (Lipinski definition) is 1. The highest BCUT2D eigenvalue weighted by atomic mass is 15.0. The van der Waals surface area contributed by atoms with E-state index in [-0.39, 0.29) is 0 Å². The molecule has 10 rings (SSSR count). The Morgan fingerprint density at radius 3 is 1.80 bits per heavy atom. The molecule has 0 fully saturated rings. The predicted molar refractivity (Wildman–Crippen MR) is 206 cm³/mol. The molecule has 0 saturated heterocycles. The van der Waals surface area contributed by atoms with Crippen LogP contribution in [0.1, 0.15) is 11.1 Å². The van der Waals surface area contributed by atoms with Gasteiger partial charge in [0.05, 0.1) is 62.7 Å². The van der Waals surface area contributed by atoms with Crippen LogP contribution >= 0.6 is 0 Å². The van der Waals surface area contributed by atoms with Crippen molar-refractivity contribution in [1.29, 1.82) is 10.5 Å². The Bertz CT molecular complexity index is 3190. The molecule has 0 aliphatic carbocycles. The number of hydrogen-bond acceptors (Lipinski definition) is 2. The average molecular weight is 649 g/mol. The van der Waals surface area contributed by atoms with Gasteiger partial charge in [-0.2, -0.15) is 10.5 Å². The average Bonchev–Trinajstić information content (AvgIpc) is 3.85. The minimum Gasteiger partial charge on any atom is -0.353 e. The van der Waals surface area contributed by atoms with Gasteiger partial charge in [-0.1, -0.05) is 103 Å². The van der Waals surface area contributed by atoms with Crippen molar-refractivity contribution < 1.29 is 0 Å². The number of benzene rings is 7. The summed E-state index contributed by atoms with van der Waals surface area (Å²) in [6.07, 6.45) is 0. The van der Waals surface area contributed by atoms with E-state index in [0.29, 0.717) is 28.1 Å². The summed E-state index contributed by atoms with van der Waals surface area (Å²) in [4.78, 5) is 7.65. The van der Waals surface area contributed by atoms with Crippen molar-refractivity contribution >= 4 is 71.1 Å². The molecule has 10 aromatic rings. The zero-order chi connectivity index (χ0) is 34.2. The van der Waals surface area contributed by atoms with E-state index in [1.165, 1.54) is 0 Å². The van der Waals surface area contributed by atoms with E-state index >= 15 is 0 Å². The summed E-state index contributed by atoms with van der Waals surface area (Å²) in [5, 5.41) is 27.8. The molecule has 0 amide bonds. The highest BCUT2D eigenvalue weighted by molar-refractivity contribution is 6.23. The molecular weight excluding hydrogens is 625 g/mol. The Hall–Kier alpha value is -7.59. The lowest BCUT2D eigenvalue weighted by Crippen LogP contribution is -2.03. The number of aromatic nitrogens is 3. The van der Waals surface area contributed by atoms with Gasteiger partial charge in [0.1, 0.15) is 6.07 Å². The molecule has 234 valence electrons. The van der Waals surface area contributed by atoms with Gasteiger partial charge in [-0.3, -0.25) is 0 Å². The third-order valence-electron chi connectivity index (χ3n) is 10.2. The zero-order valence-corrected chi connectivity index (χ0v) is 27.0. The summed E-state index contributed by atoms with van der Waals surface area (Å²) in [5.74, 6) is 0. The number of aromatic amines is 1. The van der Waals surface area contributed by atoms with Crippen LogP contribution in [0.15, 0.2) is 140 Å². The molecule has 6 heteroatoms. The Morgan fingerprint density at radius 2 is 1.14 bits per heavy atom. The maximum Gasteiger partial charge on any atom is 0.211 e. The quantitative estimate of drug-likeness (QED) is 0.194. The Morgan fingerprint density at radius 1 is 0.549 bits per heavy atom. The molecule has 0 aliphatic rings. The van der Waals surface area contributed by atoms with Crippen molar-refractivity contribution in [2.45, 2.75) is 0 Å². The molecule has 0 unspecified atom stereocenters. The van der Waals surface area contributed by atoms with E-state index in [0.717, 1.165) is 76.7 Å². The second kappa shape index (κ2) is 10.7. The van der Waals surface area contributed by atoms with Gasteiger partial charge in [0.15, 0.2) is 0 Å². The van der Waals surface area contributed by atoms with Crippen LogP contribution in [0.4, 0.5) is 5.69 Å². The second-order valence-electron chi connectivity index (χ2n) is 12.7. The fourth-order valence-electron chi connectivity index (χ4n) is 8.03. The van der Waals surface area contributed by atoms with Crippen molar-refractivity contribution in [2.75, 3.05) is 0 Å². The van der Waals surface area contributed by atoms with Gasteiger partial charge < -0.3 is 14.1 Å². The fraction of sp³-hybridized carbons (Fsp3) is 0. The summed E-state index contributed by atoms with van der Waals surface area (Å²) in [6.45, 7) is 8.22. The number of fused-ring (bicyclic) bond motifs is 10. The first-order valence-electron chi connectivity index (χ1n) is 16.6. The summed E-state index contributed by atoms with van der Waals surface area (Å²) in [5.41, 5.74) is 9.87. The van der Waals surface area contributed by atoms with Gasteiger partial charge in [-0.25, -0.2) is 4.85 Å². The van der Waals surface area contributed by atoms with Crippen LogP contribution in [-0.2, 0) is 0 Å². The van der Waals surface area contributed by atoms with E-state index in [1.54, 1.807) is 6.07 Å². The fourth-order valence-corrected chi connectivity index (χ4v) is 8.03. The van der Waals surface area contributed by atoms with Crippen LogP contribution in [0.25, 0.3) is 92.8 Å². The van der Waals surface area contributed by atoms with E-state index < -0.39 is 0 Å². The molecule has 51 heavy (non-hydrogen) atoms. The monoisotopic (exact) mass is 648 g/mol. The molecule has 7 aromatic carbocycles. The molecule has 0 atom stereocenters. The summed E-state index contributed by atoms with van der Waals surface area (Å²) >= 11 is 0. The number of rotatable bonds is 3. The van der Waals surface area contributed by atoms with Crippen LogP contribution in [-0.4, -0.2) is 14.1 Å². The topological polar surface area (TPSA) is 77.6 Å². The van der Waals surface area contributed by atoms with Crippen LogP contribution in [0.2, 0.25) is 0 Å². The summed E-state index contributed by atoms with van der Waals surface area (Å²) < 4.78 is 4.28. The van der Waals surface area contributed by atoms with E-state index in [4.69, 9.17) is 6.57 Å². The van der Waals surface area contributed by atoms with Crippen LogP contribution < -0.4 is 0 Å². The van der Waals surface area contributed by atoms with Gasteiger partial charge >= 0.3 is 0 Å². The molecule has 0 bridgehead atoms. The van der Waals surface area contributed by atoms with Crippen LogP contribution in [0.3, 0.4) is 0 Å². The van der Waals surface area contributed by atoms with Crippen molar-refractivity contribution in [2.24, 2.45) is 0 Å². The van der Waals surface area contributed by atoms with E-state index in [9.17, 15) is 10.5 Å². The minimum atomic E-state index is 0.383. The number of nitrogens with one attached hydrogen (secondary N) is 1. The number of para-hydroxylation sites is 4. The lowest BCUT2D eigenvalue weighted by Gasteiger charge is -2.19. The van der Waals surface area contributed by atoms with Crippen molar-refractivity contribution in [1.82, 2.24) is 14.1 Å². The zero-order valence-electron chi connectivity index (χ0n) is 27.0. The summed E-state index contributed by atoms with van der Waals surface area (Å²) in [6, 6.07) is 51.4. The Kier molecular flexibility index (Phi) is 5.97. The third-order valence-corrected chi connectivity index (χ3v) is 10.2. The maximum atomic E-state index is 11.1. The molecule has 0 aliphatic heterocycles. The second-order valence-corrected chi connectivity index (χ2v) is 12.7.